The molecule has 4 heteroatoms. The lowest BCUT2D eigenvalue weighted by atomic mass is 10.1. The number of amides is 1. The van der Waals surface area contributed by atoms with Crippen LogP contribution in [0, 0.1) is 0 Å². The lowest BCUT2D eigenvalue weighted by molar-refractivity contribution is -0.144. The maximum absolute atomic E-state index is 12.8. The van der Waals surface area contributed by atoms with Crippen LogP contribution < -0.4 is 0 Å². The van der Waals surface area contributed by atoms with Crippen LogP contribution in [0.25, 0.3) is 11.3 Å². The van der Waals surface area contributed by atoms with Gasteiger partial charge in [0, 0.05) is 24.4 Å². The molecule has 0 bridgehead atoms. The standard InChI is InChI=1S/C24H26N2O2/c1-18-16-26(17-23(28-18)20-10-6-3-7-11-20)24(27)15-13-21-12-14-22(25-21)19-8-4-2-5-9-19/h2-12,14,18,23,25H,13,15-17H2,1H3. The largest absolute Gasteiger partial charge is 0.367 e. The molecule has 1 saturated heterocycles. The molecule has 0 saturated carbocycles. The van der Waals surface area contributed by atoms with Gasteiger partial charge in [0.1, 0.15) is 6.10 Å². The average Bonchev–Trinajstić information content (AvgIpc) is 3.22. The topological polar surface area (TPSA) is 45.3 Å². The Morgan fingerprint density at radius 1 is 1.00 bits per heavy atom. The van der Waals surface area contributed by atoms with Crippen LogP contribution in [-0.2, 0) is 16.0 Å². The van der Waals surface area contributed by atoms with Crippen molar-refractivity contribution in [2.24, 2.45) is 0 Å². The molecule has 1 aromatic heterocycles. The highest BCUT2D eigenvalue weighted by atomic mass is 16.5. The maximum atomic E-state index is 12.8. The molecular formula is C24H26N2O2. The highest BCUT2D eigenvalue weighted by Crippen LogP contribution is 2.26. The number of aromatic amines is 1. The van der Waals surface area contributed by atoms with Gasteiger partial charge in [-0.3, -0.25) is 4.79 Å². The number of nitrogens with zero attached hydrogens (tertiary/aromatic N) is 1. The molecule has 1 amide bonds. The quantitative estimate of drug-likeness (QED) is 0.709. The maximum Gasteiger partial charge on any atom is 0.223 e. The molecule has 0 radical (unpaired) electrons. The van der Waals surface area contributed by atoms with E-state index in [1.807, 2.05) is 48.2 Å². The molecule has 2 aromatic carbocycles. The van der Waals surface area contributed by atoms with Crippen molar-refractivity contribution in [3.8, 4) is 11.3 Å². The van der Waals surface area contributed by atoms with Gasteiger partial charge in [0.15, 0.2) is 0 Å². The Morgan fingerprint density at radius 2 is 1.71 bits per heavy atom. The van der Waals surface area contributed by atoms with Crippen molar-refractivity contribution < 1.29 is 9.53 Å². The second-order valence-electron chi connectivity index (χ2n) is 7.41. The molecule has 1 aliphatic heterocycles. The number of ether oxygens (including phenoxy) is 1. The zero-order valence-electron chi connectivity index (χ0n) is 16.2. The zero-order chi connectivity index (χ0) is 19.3. The third-order valence-corrected chi connectivity index (χ3v) is 5.22. The molecule has 2 atom stereocenters. The van der Waals surface area contributed by atoms with Gasteiger partial charge in [-0.2, -0.15) is 0 Å². The van der Waals surface area contributed by atoms with E-state index in [4.69, 9.17) is 4.74 Å². The molecule has 144 valence electrons. The van der Waals surface area contributed by atoms with Gasteiger partial charge in [0.05, 0.1) is 12.6 Å². The Kier molecular flexibility index (Phi) is 5.58. The van der Waals surface area contributed by atoms with Crippen LogP contribution in [0.1, 0.15) is 30.7 Å². The number of rotatable bonds is 5. The molecule has 28 heavy (non-hydrogen) atoms. The molecule has 2 heterocycles. The van der Waals surface area contributed by atoms with Gasteiger partial charge in [-0.25, -0.2) is 0 Å². The summed E-state index contributed by atoms with van der Waals surface area (Å²) in [7, 11) is 0. The third kappa shape index (κ3) is 4.34. The van der Waals surface area contributed by atoms with Crippen molar-refractivity contribution >= 4 is 5.91 Å². The van der Waals surface area contributed by atoms with Crippen molar-refractivity contribution in [3.05, 3.63) is 84.1 Å². The van der Waals surface area contributed by atoms with E-state index in [9.17, 15) is 4.79 Å². The van der Waals surface area contributed by atoms with E-state index in [2.05, 4.69) is 41.4 Å². The van der Waals surface area contributed by atoms with Gasteiger partial charge in [0.25, 0.3) is 0 Å². The minimum atomic E-state index is -0.0518. The van der Waals surface area contributed by atoms with Crippen LogP contribution in [0.2, 0.25) is 0 Å². The van der Waals surface area contributed by atoms with Crippen LogP contribution >= 0.6 is 0 Å². The molecule has 2 unspecified atom stereocenters. The van der Waals surface area contributed by atoms with E-state index >= 15 is 0 Å². The predicted octanol–water partition coefficient (Wildman–Crippen LogP) is 4.60. The molecular weight excluding hydrogens is 348 g/mol. The highest BCUT2D eigenvalue weighted by molar-refractivity contribution is 5.76. The monoisotopic (exact) mass is 374 g/mol. The number of aryl methyl sites for hydroxylation is 1. The van der Waals surface area contributed by atoms with Crippen LogP contribution in [0.5, 0.6) is 0 Å². The molecule has 0 aliphatic carbocycles. The first-order chi connectivity index (χ1) is 13.7. The fourth-order valence-electron chi connectivity index (χ4n) is 3.78. The van der Waals surface area contributed by atoms with E-state index in [1.54, 1.807) is 0 Å². The van der Waals surface area contributed by atoms with Crippen molar-refractivity contribution in [2.75, 3.05) is 13.1 Å². The summed E-state index contributed by atoms with van der Waals surface area (Å²) in [6.07, 6.45) is 1.21. The fraction of sp³-hybridized carbons (Fsp3) is 0.292. The predicted molar refractivity (Wildman–Crippen MR) is 111 cm³/mol. The SMILES string of the molecule is CC1CN(C(=O)CCc2ccc(-c3ccccc3)[nH]2)CC(c2ccccc2)O1. The van der Waals surface area contributed by atoms with Crippen LogP contribution in [0.3, 0.4) is 0 Å². The summed E-state index contributed by atoms with van der Waals surface area (Å²) in [4.78, 5) is 18.2. The Labute approximate surface area is 166 Å². The van der Waals surface area contributed by atoms with Gasteiger partial charge < -0.3 is 14.6 Å². The van der Waals surface area contributed by atoms with Crippen molar-refractivity contribution in [2.45, 2.75) is 32.0 Å². The molecule has 3 aromatic rings. The first-order valence-corrected chi connectivity index (χ1v) is 9.90. The van der Waals surface area contributed by atoms with Gasteiger partial charge in [-0.05, 0) is 36.6 Å². The molecule has 1 aliphatic rings. The second kappa shape index (κ2) is 8.44. The Morgan fingerprint density at radius 3 is 2.46 bits per heavy atom. The Balaban J connectivity index is 1.36. The summed E-state index contributed by atoms with van der Waals surface area (Å²) in [5.74, 6) is 0.187. The number of hydrogen-bond acceptors (Lipinski definition) is 2. The van der Waals surface area contributed by atoms with Crippen molar-refractivity contribution in [1.29, 1.82) is 0 Å². The Bertz CT molecular complexity index is 905. The van der Waals surface area contributed by atoms with E-state index in [0.717, 1.165) is 22.5 Å². The molecule has 4 rings (SSSR count). The normalized spacial score (nSPS) is 19.5. The van der Waals surface area contributed by atoms with Crippen LogP contribution in [0.15, 0.2) is 72.8 Å². The Hall–Kier alpha value is -2.85. The number of benzene rings is 2. The van der Waals surface area contributed by atoms with E-state index in [1.165, 1.54) is 0 Å². The molecule has 1 N–H and O–H groups in total. The number of carbonyl (C=O) groups is 1. The number of carbonyl (C=O) groups excluding carboxylic acids is 1. The second-order valence-corrected chi connectivity index (χ2v) is 7.41. The minimum absolute atomic E-state index is 0.0399. The van der Waals surface area contributed by atoms with Gasteiger partial charge in [-0.15, -0.1) is 0 Å². The summed E-state index contributed by atoms with van der Waals surface area (Å²) in [6, 6.07) is 24.5. The number of H-pyrrole nitrogens is 1. The minimum Gasteiger partial charge on any atom is -0.367 e. The van der Waals surface area contributed by atoms with Crippen LogP contribution in [-0.4, -0.2) is 35.0 Å². The number of aromatic nitrogens is 1. The first kappa shape index (κ1) is 18.5. The zero-order valence-corrected chi connectivity index (χ0v) is 16.2. The number of nitrogens with one attached hydrogen (secondary N) is 1. The number of morpholine rings is 1. The fourth-order valence-corrected chi connectivity index (χ4v) is 3.78. The van der Waals surface area contributed by atoms with Crippen molar-refractivity contribution in [3.63, 3.8) is 0 Å². The molecule has 1 fully saturated rings. The summed E-state index contributed by atoms with van der Waals surface area (Å²) < 4.78 is 6.07. The van der Waals surface area contributed by atoms with Gasteiger partial charge in [0.2, 0.25) is 5.91 Å². The summed E-state index contributed by atoms with van der Waals surface area (Å²) in [5.41, 5.74) is 4.47. The summed E-state index contributed by atoms with van der Waals surface area (Å²) >= 11 is 0. The summed E-state index contributed by atoms with van der Waals surface area (Å²) in [6.45, 7) is 3.31. The lowest BCUT2D eigenvalue weighted by Gasteiger charge is -2.37. The van der Waals surface area contributed by atoms with Gasteiger partial charge >= 0.3 is 0 Å². The van der Waals surface area contributed by atoms with E-state index in [0.29, 0.717) is 25.9 Å². The lowest BCUT2D eigenvalue weighted by Crippen LogP contribution is -2.46. The molecule has 4 nitrogen and oxygen atoms in total. The number of hydrogen-bond donors (Lipinski definition) is 1. The average molecular weight is 374 g/mol. The van der Waals surface area contributed by atoms with Crippen LogP contribution in [0.4, 0.5) is 0 Å². The summed E-state index contributed by atoms with van der Waals surface area (Å²) in [5, 5.41) is 0. The smallest absolute Gasteiger partial charge is 0.223 e. The first-order valence-electron chi connectivity index (χ1n) is 9.90. The van der Waals surface area contributed by atoms with Crippen molar-refractivity contribution in [1.82, 2.24) is 9.88 Å². The highest BCUT2D eigenvalue weighted by Gasteiger charge is 2.29. The molecule has 0 spiro atoms. The van der Waals surface area contributed by atoms with E-state index < -0.39 is 0 Å². The van der Waals surface area contributed by atoms with E-state index in [-0.39, 0.29) is 18.1 Å². The third-order valence-electron chi connectivity index (χ3n) is 5.22. The van der Waals surface area contributed by atoms with Gasteiger partial charge in [-0.1, -0.05) is 60.7 Å².